The van der Waals surface area contributed by atoms with Crippen molar-refractivity contribution in [3.8, 4) is 5.75 Å². The zero-order valence-corrected chi connectivity index (χ0v) is 15.9. The van der Waals surface area contributed by atoms with Crippen molar-refractivity contribution in [3.05, 3.63) is 69.4 Å². The van der Waals surface area contributed by atoms with E-state index in [1.165, 1.54) is 0 Å². The van der Waals surface area contributed by atoms with Gasteiger partial charge in [-0.25, -0.2) is 15.2 Å². The molecular formula is C17H11ClF4N4O2S. The van der Waals surface area contributed by atoms with Gasteiger partial charge in [0.2, 0.25) is 5.13 Å². The van der Waals surface area contributed by atoms with Gasteiger partial charge in [-0.3, -0.25) is 4.79 Å². The van der Waals surface area contributed by atoms with Crippen molar-refractivity contribution in [1.82, 2.24) is 10.2 Å². The molecule has 0 bridgehead atoms. The van der Waals surface area contributed by atoms with Gasteiger partial charge in [0.15, 0.2) is 5.01 Å². The number of anilines is 1. The molecule has 2 aromatic carbocycles. The summed E-state index contributed by atoms with van der Waals surface area (Å²) in [5, 5.41) is 8.51. The van der Waals surface area contributed by atoms with E-state index >= 15 is 0 Å². The first kappa shape index (κ1) is 21.0. The normalized spacial score (nSPS) is 11.4. The van der Waals surface area contributed by atoms with Gasteiger partial charge in [0.1, 0.15) is 18.2 Å². The number of benzene rings is 2. The maximum absolute atomic E-state index is 13.4. The van der Waals surface area contributed by atoms with Crippen molar-refractivity contribution in [2.45, 2.75) is 12.8 Å². The Morgan fingerprint density at radius 2 is 1.86 bits per heavy atom. The summed E-state index contributed by atoms with van der Waals surface area (Å²) in [5.74, 6) is 3.83. The van der Waals surface area contributed by atoms with Crippen LogP contribution in [0.3, 0.4) is 0 Å². The minimum absolute atomic E-state index is 0.0188. The van der Waals surface area contributed by atoms with E-state index < -0.39 is 29.0 Å². The Balaban J connectivity index is 1.76. The number of rotatable bonds is 5. The van der Waals surface area contributed by atoms with Gasteiger partial charge in [0.05, 0.1) is 11.1 Å². The molecule has 0 radical (unpaired) electrons. The van der Waals surface area contributed by atoms with Crippen molar-refractivity contribution in [3.63, 3.8) is 0 Å². The third-order valence-corrected chi connectivity index (χ3v) is 4.72. The standard InChI is InChI=1S/C17H11ClF4N4O2S/c18-9-1-4-11(5-2-9)28-8-14-24-25-16(29-14)26(23)15(27)12-7-10(19)3-6-13(12)17(20,21)22/h1-7H,8,23H2. The predicted molar refractivity (Wildman–Crippen MR) is 98.1 cm³/mol. The van der Waals surface area contributed by atoms with Gasteiger partial charge in [-0.1, -0.05) is 22.9 Å². The summed E-state index contributed by atoms with van der Waals surface area (Å²) in [6.45, 7) is -0.0188. The van der Waals surface area contributed by atoms with Crippen LogP contribution >= 0.6 is 22.9 Å². The van der Waals surface area contributed by atoms with Gasteiger partial charge in [0.25, 0.3) is 5.91 Å². The van der Waals surface area contributed by atoms with Crippen molar-refractivity contribution < 1.29 is 27.1 Å². The van der Waals surface area contributed by atoms with Gasteiger partial charge >= 0.3 is 6.18 Å². The van der Waals surface area contributed by atoms with Crippen LogP contribution < -0.4 is 15.6 Å². The number of halogens is 5. The third kappa shape index (κ3) is 5.00. The Labute approximate surface area is 170 Å². The first-order chi connectivity index (χ1) is 13.6. The zero-order valence-electron chi connectivity index (χ0n) is 14.3. The molecule has 0 aliphatic heterocycles. The summed E-state index contributed by atoms with van der Waals surface area (Å²) in [6, 6.07) is 8.06. The van der Waals surface area contributed by atoms with Gasteiger partial charge in [-0.05, 0) is 42.5 Å². The van der Waals surface area contributed by atoms with Crippen LogP contribution in [0.15, 0.2) is 42.5 Å². The van der Waals surface area contributed by atoms with E-state index in [9.17, 15) is 22.4 Å². The molecule has 0 aliphatic carbocycles. The molecule has 2 N–H and O–H groups in total. The van der Waals surface area contributed by atoms with Crippen LogP contribution in [0.5, 0.6) is 5.75 Å². The molecule has 3 aromatic rings. The molecule has 152 valence electrons. The molecule has 0 aliphatic rings. The molecule has 0 fully saturated rings. The average molecular weight is 447 g/mol. The van der Waals surface area contributed by atoms with E-state index in [0.717, 1.165) is 11.3 Å². The molecule has 6 nitrogen and oxygen atoms in total. The van der Waals surface area contributed by atoms with Gasteiger partial charge in [-0.15, -0.1) is 10.2 Å². The van der Waals surface area contributed by atoms with Crippen molar-refractivity contribution in [1.29, 1.82) is 0 Å². The Morgan fingerprint density at radius 3 is 2.52 bits per heavy atom. The summed E-state index contributed by atoms with van der Waals surface area (Å²) >= 11 is 6.61. The first-order valence-electron chi connectivity index (χ1n) is 7.82. The smallest absolute Gasteiger partial charge is 0.417 e. The maximum Gasteiger partial charge on any atom is 0.417 e. The molecule has 0 saturated heterocycles. The van der Waals surface area contributed by atoms with Gasteiger partial charge < -0.3 is 4.74 Å². The van der Waals surface area contributed by atoms with Crippen LogP contribution in [0.25, 0.3) is 0 Å². The molecular weight excluding hydrogens is 436 g/mol. The second-order valence-corrected chi connectivity index (χ2v) is 7.06. The fraction of sp³-hybridized carbons (Fsp3) is 0.118. The minimum atomic E-state index is -4.86. The van der Waals surface area contributed by atoms with Crippen LogP contribution in [-0.2, 0) is 12.8 Å². The topological polar surface area (TPSA) is 81.3 Å². The lowest BCUT2D eigenvalue weighted by molar-refractivity contribution is -0.137. The van der Waals surface area contributed by atoms with Crippen molar-refractivity contribution >= 4 is 34.0 Å². The number of hydrazine groups is 1. The first-order valence-corrected chi connectivity index (χ1v) is 9.01. The number of carbonyl (C=O) groups excluding carboxylic acids is 1. The third-order valence-electron chi connectivity index (χ3n) is 3.57. The Hall–Kier alpha value is -2.76. The molecule has 12 heteroatoms. The van der Waals surface area contributed by atoms with Crippen molar-refractivity contribution in [2.75, 3.05) is 5.01 Å². The molecule has 0 unspecified atom stereocenters. The molecule has 1 heterocycles. The minimum Gasteiger partial charge on any atom is -0.486 e. The summed E-state index contributed by atoms with van der Waals surface area (Å²) in [4.78, 5) is 12.4. The van der Waals surface area contributed by atoms with E-state index in [4.69, 9.17) is 22.2 Å². The number of nitrogens with two attached hydrogens (primary N) is 1. The summed E-state index contributed by atoms with van der Waals surface area (Å²) in [5.41, 5.74) is -2.25. The van der Waals surface area contributed by atoms with Crippen molar-refractivity contribution in [2.24, 2.45) is 5.84 Å². The van der Waals surface area contributed by atoms with E-state index in [2.05, 4.69) is 10.2 Å². The highest BCUT2D eigenvalue weighted by Crippen LogP contribution is 2.33. The molecule has 0 saturated carbocycles. The quantitative estimate of drug-likeness (QED) is 0.271. The fourth-order valence-electron chi connectivity index (χ4n) is 2.23. The molecule has 0 atom stereocenters. The highest BCUT2D eigenvalue weighted by Gasteiger charge is 2.36. The lowest BCUT2D eigenvalue weighted by atomic mass is 10.1. The number of ether oxygens (including phenoxy) is 1. The van der Waals surface area contributed by atoms with Gasteiger partial charge in [0, 0.05) is 5.02 Å². The summed E-state index contributed by atoms with van der Waals surface area (Å²) < 4.78 is 58.2. The highest BCUT2D eigenvalue weighted by molar-refractivity contribution is 7.15. The fourth-order valence-corrected chi connectivity index (χ4v) is 3.03. The second-order valence-electron chi connectivity index (χ2n) is 5.58. The Kier molecular flexibility index (Phi) is 6.01. The summed E-state index contributed by atoms with van der Waals surface area (Å²) in [7, 11) is 0. The Bertz CT molecular complexity index is 1030. The number of hydrogen-bond donors (Lipinski definition) is 1. The van der Waals surface area contributed by atoms with Crippen LogP contribution in [0.2, 0.25) is 5.02 Å². The number of alkyl halides is 3. The van der Waals surface area contributed by atoms with E-state index in [1.807, 2.05) is 0 Å². The average Bonchev–Trinajstić information content (AvgIpc) is 3.14. The van der Waals surface area contributed by atoms with Crippen LogP contribution in [0.1, 0.15) is 20.9 Å². The number of aromatic nitrogens is 2. The second kappa shape index (κ2) is 8.31. The number of carbonyl (C=O) groups is 1. The van der Waals surface area contributed by atoms with Crippen LogP contribution in [-0.4, -0.2) is 16.1 Å². The number of amides is 1. The Morgan fingerprint density at radius 1 is 1.17 bits per heavy atom. The highest BCUT2D eigenvalue weighted by atomic mass is 35.5. The maximum atomic E-state index is 13.4. The predicted octanol–water partition coefficient (Wildman–Crippen LogP) is 4.45. The lowest BCUT2D eigenvalue weighted by Gasteiger charge is -2.16. The van der Waals surface area contributed by atoms with E-state index in [1.54, 1.807) is 24.3 Å². The number of nitrogens with zero attached hydrogens (tertiary/aromatic N) is 3. The SMILES string of the molecule is NN(C(=O)c1cc(F)ccc1C(F)(F)F)c1nnc(COc2ccc(Cl)cc2)s1. The van der Waals surface area contributed by atoms with E-state index in [-0.39, 0.29) is 11.7 Å². The molecule has 1 aromatic heterocycles. The molecule has 0 spiro atoms. The monoisotopic (exact) mass is 446 g/mol. The van der Waals surface area contributed by atoms with Crippen LogP contribution in [0.4, 0.5) is 22.7 Å². The largest absolute Gasteiger partial charge is 0.486 e. The van der Waals surface area contributed by atoms with Crippen LogP contribution in [0, 0.1) is 5.82 Å². The number of hydrogen-bond acceptors (Lipinski definition) is 6. The van der Waals surface area contributed by atoms with Gasteiger partial charge in [-0.2, -0.15) is 13.2 Å². The zero-order chi connectivity index (χ0) is 21.2. The molecule has 29 heavy (non-hydrogen) atoms. The van der Waals surface area contributed by atoms with E-state index in [0.29, 0.717) is 39.0 Å². The lowest BCUT2D eigenvalue weighted by Crippen LogP contribution is -2.38. The molecule has 3 rings (SSSR count). The summed E-state index contributed by atoms with van der Waals surface area (Å²) in [6.07, 6.45) is -4.86. The molecule has 1 amide bonds.